The van der Waals surface area contributed by atoms with Gasteiger partial charge in [0, 0.05) is 34.1 Å². The van der Waals surface area contributed by atoms with E-state index >= 15 is 0 Å². The van der Waals surface area contributed by atoms with Crippen LogP contribution in [0.5, 0.6) is 0 Å². The minimum Gasteiger partial charge on any atom is -0.311 e. The van der Waals surface area contributed by atoms with Crippen LogP contribution in [0.3, 0.4) is 0 Å². The molecule has 0 amide bonds. The van der Waals surface area contributed by atoms with Gasteiger partial charge in [0.25, 0.3) is 0 Å². The zero-order valence-electron chi connectivity index (χ0n) is 38.9. The van der Waals surface area contributed by atoms with Gasteiger partial charge in [-0.25, -0.2) is 0 Å². The van der Waals surface area contributed by atoms with Crippen LogP contribution in [0.4, 0.5) is 22.7 Å². The summed E-state index contributed by atoms with van der Waals surface area (Å²) in [6.45, 7) is 4.42. The van der Waals surface area contributed by atoms with Crippen LogP contribution in [-0.4, -0.2) is 0 Å². The molecule has 0 aliphatic heterocycles. The van der Waals surface area contributed by atoms with Crippen LogP contribution in [0.15, 0.2) is 272 Å². The van der Waals surface area contributed by atoms with E-state index < -0.39 is 0 Å². The SMILES string of the molecule is Cc1ccc(N(C2=CCC(C=C(c3ccccc3)c3ccccc3)C=C2)c2ccc(-c3ccc(N(C4=CCC(C)C=C4)c4ccc(C=C(c5ccccc5)c5ccccc5)cc4)cc3)cc2)cc1. The van der Waals surface area contributed by atoms with Gasteiger partial charge in [-0.15, -0.1) is 0 Å². The molecule has 2 heteroatoms. The van der Waals surface area contributed by atoms with Crippen molar-refractivity contribution in [3.8, 4) is 11.1 Å². The normalized spacial score (nSPS) is 15.1. The molecule has 0 bridgehead atoms. The smallest absolute Gasteiger partial charge is 0.0461 e. The highest BCUT2D eigenvalue weighted by Crippen LogP contribution is 2.38. The van der Waals surface area contributed by atoms with Gasteiger partial charge in [-0.3, -0.25) is 0 Å². The van der Waals surface area contributed by atoms with Crippen LogP contribution in [0.25, 0.3) is 28.3 Å². The van der Waals surface area contributed by atoms with E-state index in [9.17, 15) is 0 Å². The third kappa shape index (κ3) is 10.1. The van der Waals surface area contributed by atoms with Gasteiger partial charge >= 0.3 is 0 Å². The van der Waals surface area contributed by atoms with E-state index in [1.54, 1.807) is 0 Å². The minimum absolute atomic E-state index is 0.277. The Morgan fingerprint density at radius 3 is 1.19 bits per heavy atom. The highest BCUT2D eigenvalue weighted by atomic mass is 15.2. The maximum atomic E-state index is 2.43. The molecule has 0 saturated heterocycles. The molecule has 68 heavy (non-hydrogen) atoms. The molecule has 0 fully saturated rings. The first-order chi connectivity index (χ1) is 33.5. The Balaban J connectivity index is 0.911. The second-order valence-electron chi connectivity index (χ2n) is 17.9. The summed E-state index contributed by atoms with van der Waals surface area (Å²) < 4.78 is 0. The molecule has 10 rings (SSSR count). The fourth-order valence-corrected chi connectivity index (χ4v) is 9.25. The predicted octanol–water partition coefficient (Wildman–Crippen LogP) is 17.6. The van der Waals surface area contributed by atoms with E-state index in [2.05, 4.69) is 291 Å². The number of aryl methyl sites for hydroxylation is 1. The lowest BCUT2D eigenvalue weighted by Crippen LogP contribution is -2.17. The lowest BCUT2D eigenvalue weighted by molar-refractivity contribution is 0.728. The molecule has 8 aromatic rings. The van der Waals surface area contributed by atoms with Crippen LogP contribution >= 0.6 is 0 Å². The number of hydrogen-bond donors (Lipinski definition) is 0. The fourth-order valence-electron chi connectivity index (χ4n) is 9.25. The van der Waals surface area contributed by atoms with Crippen molar-refractivity contribution in [1.29, 1.82) is 0 Å². The van der Waals surface area contributed by atoms with Gasteiger partial charge in [0.2, 0.25) is 0 Å². The zero-order valence-corrected chi connectivity index (χ0v) is 38.9. The Bertz CT molecular complexity index is 3040. The Morgan fingerprint density at radius 1 is 0.412 bits per heavy atom. The number of allylic oxidation sites excluding steroid dienone is 7. The Kier molecular flexibility index (Phi) is 13.2. The third-order valence-electron chi connectivity index (χ3n) is 13.0. The van der Waals surface area contributed by atoms with Crippen LogP contribution in [-0.2, 0) is 0 Å². The Morgan fingerprint density at radius 2 is 0.794 bits per heavy atom. The molecule has 0 saturated carbocycles. The van der Waals surface area contributed by atoms with E-state index in [0.717, 1.165) is 41.2 Å². The largest absolute Gasteiger partial charge is 0.311 e. The topological polar surface area (TPSA) is 6.48 Å². The summed E-state index contributed by atoms with van der Waals surface area (Å²) in [5.74, 6) is 0.797. The zero-order chi connectivity index (χ0) is 46.1. The summed E-state index contributed by atoms with van der Waals surface area (Å²) in [6, 6.07) is 78.7. The number of anilines is 4. The third-order valence-corrected chi connectivity index (χ3v) is 13.0. The first-order valence-corrected chi connectivity index (χ1v) is 23.9. The average Bonchev–Trinajstić information content (AvgIpc) is 3.41. The molecule has 330 valence electrons. The lowest BCUT2D eigenvalue weighted by Gasteiger charge is -2.29. The molecular formula is C66H56N2. The van der Waals surface area contributed by atoms with Gasteiger partial charge in [0.15, 0.2) is 0 Å². The number of benzene rings is 8. The van der Waals surface area contributed by atoms with E-state index in [-0.39, 0.29) is 5.92 Å². The van der Waals surface area contributed by atoms with Crippen molar-refractivity contribution in [2.75, 3.05) is 9.80 Å². The standard InChI is InChI=1S/C66H56N2/c1-49-23-35-59(36-24-49)67(61-39-27-51(28-40-61)47-65(55-15-7-3-8-16-55)56-17-9-4-10-18-56)63-43-31-53(32-44-63)54-33-45-64(46-34-54)68(60-37-25-50(2)26-38-60)62-41-29-52(30-42-62)48-66(57-19-11-5-12-20-57)58-21-13-6-14-22-58/h3-25,27,29-48,50-51H,26,28H2,1-2H3. The average molecular weight is 877 g/mol. The van der Waals surface area contributed by atoms with Gasteiger partial charge in [0.05, 0.1) is 0 Å². The molecule has 0 N–H and O–H groups in total. The van der Waals surface area contributed by atoms with Crippen molar-refractivity contribution in [3.05, 3.63) is 306 Å². The predicted molar refractivity (Wildman–Crippen MR) is 290 cm³/mol. The molecule has 2 unspecified atom stereocenters. The van der Waals surface area contributed by atoms with Gasteiger partial charge in [-0.2, -0.15) is 0 Å². The van der Waals surface area contributed by atoms with E-state index in [4.69, 9.17) is 0 Å². The molecule has 0 heterocycles. The number of hydrogen-bond acceptors (Lipinski definition) is 2. The number of rotatable bonds is 13. The monoisotopic (exact) mass is 876 g/mol. The molecule has 2 nitrogen and oxygen atoms in total. The van der Waals surface area contributed by atoms with Crippen molar-refractivity contribution < 1.29 is 0 Å². The summed E-state index contributed by atoms with van der Waals surface area (Å²) >= 11 is 0. The van der Waals surface area contributed by atoms with Crippen molar-refractivity contribution in [2.24, 2.45) is 11.8 Å². The molecule has 8 aromatic carbocycles. The van der Waals surface area contributed by atoms with Gasteiger partial charge in [0.1, 0.15) is 0 Å². The molecule has 2 aliphatic rings. The summed E-state index contributed by atoms with van der Waals surface area (Å²) in [5.41, 5.74) is 19.0. The Hall–Kier alpha value is -8.20. The maximum absolute atomic E-state index is 2.43. The van der Waals surface area contributed by atoms with E-state index in [0.29, 0.717) is 5.92 Å². The minimum atomic E-state index is 0.277. The molecule has 2 atom stereocenters. The van der Waals surface area contributed by atoms with E-state index in [1.165, 1.54) is 61.5 Å². The maximum Gasteiger partial charge on any atom is 0.0461 e. The van der Waals surface area contributed by atoms with Gasteiger partial charge < -0.3 is 9.80 Å². The summed E-state index contributed by atoms with van der Waals surface area (Å²) in [4.78, 5) is 4.76. The highest BCUT2D eigenvalue weighted by molar-refractivity contribution is 5.92. The number of nitrogens with zero attached hydrogens (tertiary/aromatic N) is 2. The van der Waals surface area contributed by atoms with Crippen LogP contribution in [0.2, 0.25) is 0 Å². The molecular weight excluding hydrogens is 821 g/mol. The van der Waals surface area contributed by atoms with Crippen molar-refractivity contribution >= 4 is 40.0 Å². The molecule has 0 aromatic heterocycles. The Labute approximate surface area is 403 Å². The van der Waals surface area contributed by atoms with Crippen LogP contribution in [0.1, 0.15) is 53.1 Å². The first kappa shape index (κ1) is 43.7. The summed E-state index contributed by atoms with van der Waals surface area (Å²) in [5, 5.41) is 0. The van der Waals surface area contributed by atoms with E-state index in [1.807, 2.05) is 0 Å². The van der Waals surface area contributed by atoms with Gasteiger partial charge in [-0.05, 0) is 148 Å². The lowest BCUT2D eigenvalue weighted by atomic mass is 9.90. The summed E-state index contributed by atoms with van der Waals surface area (Å²) in [6.07, 6.45) is 20.7. The second-order valence-corrected chi connectivity index (χ2v) is 17.9. The highest BCUT2D eigenvalue weighted by Gasteiger charge is 2.20. The van der Waals surface area contributed by atoms with Gasteiger partial charge in [-0.1, -0.05) is 213 Å². The van der Waals surface area contributed by atoms with Crippen molar-refractivity contribution in [2.45, 2.75) is 26.7 Å². The second kappa shape index (κ2) is 20.5. The molecule has 2 aliphatic carbocycles. The van der Waals surface area contributed by atoms with Crippen LogP contribution in [0, 0.1) is 18.8 Å². The molecule has 0 radical (unpaired) electrons. The van der Waals surface area contributed by atoms with Crippen LogP contribution < -0.4 is 9.80 Å². The quantitative estimate of drug-likeness (QED) is 0.107. The van der Waals surface area contributed by atoms with Crippen molar-refractivity contribution in [1.82, 2.24) is 0 Å². The van der Waals surface area contributed by atoms with Crippen molar-refractivity contribution in [3.63, 3.8) is 0 Å². The summed E-state index contributed by atoms with van der Waals surface area (Å²) in [7, 11) is 0. The first-order valence-electron chi connectivity index (χ1n) is 23.9. The fraction of sp³-hybridized carbons (Fsp3) is 0.0909. The molecule has 0 spiro atoms.